The maximum Gasteiger partial charge on any atom is 0.138 e. The molecule has 1 unspecified atom stereocenters. The molecule has 0 saturated heterocycles. The highest BCUT2D eigenvalue weighted by molar-refractivity contribution is 7.88. The van der Waals surface area contributed by atoms with Crippen molar-refractivity contribution in [1.82, 2.24) is 0 Å². The summed E-state index contributed by atoms with van der Waals surface area (Å²) in [5.41, 5.74) is 2.62. The van der Waals surface area contributed by atoms with Crippen LogP contribution in [0.2, 0.25) is 0 Å². The molecular formula is C6H5NOS. The lowest BCUT2D eigenvalue weighted by Crippen LogP contribution is -1.88. The zero-order valence-electron chi connectivity index (χ0n) is 4.92. The average Bonchev–Trinajstić information content (AvgIpc) is 1.90. The van der Waals surface area contributed by atoms with E-state index in [2.05, 4.69) is 16.6 Å². The molecule has 0 aromatic rings. The predicted molar refractivity (Wildman–Crippen MR) is 37.7 cm³/mol. The third-order valence-electron chi connectivity index (χ3n) is 0.834. The summed E-state index contributed by atoms with van der Waals surface area (Å²) < 4.78 is 10.7. The number of rotatable bonds is 1. The monoisotopic (exact) mass is 139 g/mol. The Labute approximate surface area is 55.8 Å². The van der Waals surface area contributed by atoms with E-state index in [1.165, 1.54) is 0 Å². The zero-order chi connectivity index (χ0) is 6.69. The highest BCUT2D eigenvalue weighted by Gasteiger charge is 1.96. The molecule has 3 heteroatoms. The molecule has 9 heavy (non-hydrogen) atoms. The molecule has 46 valence electrons. The molecule has 1 heterocycles. The standard InChI is InChI=1S/C6H5NOS/c1-9(8)6-4-2-3-5-7-6/h2,4H,1H3. The first-order chi connectivity index (χ1) is 4.30. The molecule has 1 atom stereocenters. The minimum absolute atomic E-state index is 0.550. The largest absolute Gasteiger partial charge is 0.253 e. The number of allylic oxidation sites excluding steroid dienone is 2. The molecule has 2 nitrogen and oxygen atoms in total. The minimum atomic E-state index is -0.991. The number of hydrogen-bond acceptors (Lipinski definition) is 2. The van der Waals surface area contributed by atoms with Crippen molar-refractivity contribution in [2.45, 2.75) is 0 Å². The SMILES string of the molecule is CS(=O)C1=CC=C=C=N1. The lowest BCUT2D eigenvalue weighted by molar-refractivity contribution is 0.690. The normalized spacial score (nSPS) is 17.7. The summed E-state index contributed by atoms with van der Waals surface area (Å²) in [4.78, 5) is 3.70. The fraction of sp³-hybridized carbons (Fsp3) is 0.167. The van der Waals surface area contributed by atoms with E-state index in [9.17, 15) is 4.21 Å². The van der Waals surface area contributed by atoms with E-state index in [1.807, 2.05) is 0 Å². The second kappa shape index (κ2) is 2.60. The van der Waals surface area contributed by atoms with Crippen LogP contribution in [0, 0.1) is 0 Å². The minimum Gasteiger partial charge on any atom is -0.253 e. The van der Waals surface area contributed by atoms with Crippen LogP contribution in [0.15, 0.2) is 27.9 Å². The lowest BCUT2D eigenvalue weighted by Gasteiger charge is -1.90. The first-order valence-corrected chi connectivity index (χ1v) is 3.95. The Balaban J connectivity index is 2.93. The molecule has 1 rings (SSSR count). The Morgan fingerprint density at radius 3 is 2.89 bits per heavy atom. The molecule has 0 aliphatic carbocycles. The zero-order valence-corrected chi connectivity index (χ0v) is 5.73. The van der Waals surface area contributed by atoms with Crippen LogP contribution in [0.5, 0.6) is 0 Å². The Bertz CT molecular complexity index is 265. The van der Waals surface area contributed by atoms with Crippen LogP contribution in [0.4, 0.5) is 0 Å². The predicted octanol–water partition coefficient (Wildman–Crippen LogP) is 0.601. The van der Waals surface area contributed by atoms with Crippen LogP contribution in [-0.4, -0.2) is 16.3 Å². The summed E-state index contributed by atoms with van der Waals surface area (Å²) in [5.74, 6) is 2.47. The lowest BCUT2D eigenvalue weighted by atomic mass is 10.5. The van der Waals surface area contributed by atoms with Crippen LogP contribution in [0.1, 0.15) is 0 Å². The van der Waals surface area contributed by atoms with Gasteiger partial charge in [-0.1, -0.05) is 0 Å². The number of nitrogens with zero attached hydrogens (tertiary/aromatic N) is 1. The Morgan fingerprint density at radius 1 is 1.78 bits per heavy atom. The third kappa shape index (κ3) is 1.51. The molecule has 0 spiro atoms. The third-order valence-corrected chi connectivity index (χ3v) is 1.65. The molecule has 0 radical (unpaired) electrons. The van der Waals surface area contributed by atoms with Crippen molar-refractivity contribution in [2.24, 2.45) is 4.99 Å². The van der Waals surface area contributed by atoms with Gasteiger partial charge < -0.3 is 0 Å². The van der Waals surface area contributed by atoms with E-state index in [4.69, 9.17) is 0 Å². The summed E-state index contributed by atoms with van der Waals surface area (Å²) in [7, 11) is -0.991. The van der Waals surface area contributed by atoms with Crippen molar-refractivity contribution >= 4 is 16.7 Å². The summed E-state index contributed by atoms with van der Waals surface area (Å²) >= 11 is 0. The summed E-state index contributed by atoms with van der Waals surface area (Å²) in [6, 6.07) is 0. The second-order valence-corrected chi connectivity index (χ2v) is 2.82. The van der Waals surface area contributed by atoms with Crippen LogP contribution in [0.25, 0.3) is 0 Å². The van der Waals surface area contributed by atoms with Gasteiger partial charge >= 0.3 is 0 Å². The van der Waals surface area contributed by atoms with Gasteiger partial charge in [-0.15, -0.1) is 0 Å². The smallest absolute Gasteiger partial charge is 0.138 e. The van der Waals surface area contributed by atoms with Gasteiger partial charge in [0, 0.05) is 12.1 Å². The molecule has 0 aromatic heterocycles. The topological polar surface area (TPSA) is 29.4 Å². The first kappa shape index (κ1) is 6.24. The summed E-state index contributed by atoms with van der Waals surface area (Å²) in [5, 5.41) is 0.550. The second-order valence-electron chi connectivity index (χ2n) is 1.49. The van der Waals surface area contributed by atoms with Crippen molar-refractivity contribution < 1.29 is 4.21 Å². The van der Waals surface area contributed by atoms with Gasteiger partial charge in [0.25, 0.3) is 0 Å². The van der Waals surface area contributed by atoms with Gasteiger partial charge in [0.15, 0.2) is 0 Å². The highest BCUT2D eigenvalue weighted by atomic mass is 32.2. The molecule has 1 aliphatic rings. The molecule has 1 aliphatic heterocycles. The number of hydrogen-bond donors (Lipinski definition) is 0. The quantitative estimate of drug-likeness (QED) is 0.489. The summed E-state index contributed by atoms with van der Waals surface area (Å²) in [6.45, 7) is 0. The van der Waals surface area contributed by atoms with E-state index in [1.54, 1.807) is 18.4 Å². The molecule has 0 amide bonds. The molecule has 0 N–H and O–H groups in total. The van der Waals surface area contributed by atoms with E-state index >= 15 is 0 Å². The van der Waals surface area contributed by atoms with E-state index in [0.717, 1.165) is 0 Å². The van der Waals surface area contributed by atoms with Crippen LogP contribution >= 0.6 is 0 Å². The summed E-state index contributed by atoms with van der Waals surface area (Å²) in [6.07, 6.45) is 4.88. The van der Waals surface area contributed by atoms with Gasteiger partial charge in [0.2, 0.25) is 0 Å². The van der Waals surface area contributed by atoms with Gasteiger partial charge in [0.05, 0.1) is 10.8 Å². The maximum absolute atomic E-state index is 10.7. The molecular weight excluding hydrogens is 134 g/mol. The van der Waals surface area contributed by atoms with Crippen molar-refractivity contribution in [2.75, 3.05) is 6.26 Å². The fourth-order valence-corrected chi connectivity index (χ4v) is 0.869. The molecule has 0 fully saturated rings. The van der Waals surface area contributed by atoms with Crippen molar-refractivity contribution in [3.05, 3.63) is 22.9 Å². The van der Waals surface area contributed by atoms with Gasteiger partial charge in [-0.2, -0.15) is 4.99 Å². The van der Waals surface area contributed by atoms with Gasteiger partial charge in [0.1, 0.15) is 5.03 Å². The van der Waals surface area contributed by atoms with Crippen molar-refractivity contribution in [1.29, 1.82) is 0 Å². The molecule has 0 saturated carbocycles. The van der Waals surface area contributed by atoms with Gasteiger partial charge in [-0.25, -0.2) is 0 Å². The first-order valence-electron chi connectivity index (χ1n) is 2.39. The van der Waals surface area contributed by atoms with Gasteiger partial charge in [-0.3, -0.25) is 4.21 Å². The van der Waals surface area contributed by atoms with E-state index in [0.29, 0.717) is 5.03 Å². The van der Waals surface area contributed by atoms with Crippen molar-refractivity contribution in [3.8, 4) is 0 Å². The fourth-order valence-electron chi connectivity index (χ4n) is 0.435. The van der Waals surface area contributed by atoms with E-state index in [-0.39, 0.29) is 0 Å². The van der Waals surface area contributed by atoms with E-state index < -0.39 is 10.8 Å². The van der Waals surface area contributed by atoms with Crippen molar-refractivity contribution in [3.63, 3.8) is 0 Å². The molecule has 0 bridgehead atoms. The van der Waals surface area contributed by atoms with Crippen LogP contribution in [-0.2, 0) is 10.8 Å². The Morgan fingerprint density at radius 2 is 2.56 bits per heavy atom. The van der Waals surface area contributed by atoms with Crippen LogP contribution < -0.4 is 0 Å². The maximum atomic E-state index is 10.7. The Hall–Kier alpha value is -0.880. The van der Waals surface area contributed by atoms with Crippen LogP contribution in [0.3, 0.4) is 0 Å². The average molecular weight is 139 g/mol. The number of aliphatic imine (C=N–C) groups is 1. The van der Waals surface area contributed by atoms with Gasteiger partial charge in [-0.05, 0) is 17.9 Å². The molecule has 0 aromatic carbocycles. The highest BCUT2D eigenvalue weighted by Crippen LogP contribution is 2.01. The Kier molecular flexibility index (Phi) is 1.81.